The van der Waals surface area contributed by atoms with Crippen LogP contribution in [-0.4, -0.2) is 22.5 Å². The number of pyridine rings is 1. The molecule has 0 bridgehead atoms. The van der Waals surface area contributed by atoms with E-state index in [9.17, 15) is 0 Å². The van der Waals surface area contributed by atoms with Crippen molar-refractivity contribution in [1.29, 1.82) is 0 Å². The lowest BCUT2D eigenvalue weighted by Crippen LogP contribution is -2.35. The maximum atomic E-state index is 6.11. The molecule has 1 unspecified atom stereocenters. The molecule has 2 heterocycles. The fourth-order valence-electron chi connectivity index (χ4n) is 2.23. The Hall–Kier alpha value is -0.410. The normalized spacial score (nSPS) is 23.4. The molecule has 17 heavy (non-hydrogen) atoms. The lowest BCUT2D eigenvalue weighted by atomic mass is 9.88. The molecular formula is C13H19ClN2S. The van der Waals surface area contributed by atoms with Gasteiger partial charge in [0, 0.05) is 18.0 Å². The van der Waals surface area contributed by atoms with Gasteiger partial charge in [-0.2, -0.15) is 11.8 Å². The molecule has 1 saturated heterocycles. The highest BCUT2D eigenvalue weighted by Gasteiger charge is 2.28. The van der Waals surface area contributed by atoms with Crippen LogP contribution in [0.4, 0.5) is 5.69 Å². The highest BCUT2D eigenvalue weighted by atomic mass is 35.5. The van der Waals surface area contributed by atoms with Crippen LogP contribution in [0.3, 0.4) is 0 Å². The zero-order chi connectivity index (χ0) is 12.5. The molecule has 1 fully saturated rings. The third kappa shape index (κ3) is 3.52. The summed E-state index contributed by atoms with van der Waals surface area (Å²) < 4.78 is 0. The van der Waals surface area contributed by atoms with E-state index in [1.54, 1.807) is 6.20 Å². The lowest BCUT2D eigenvalue weighted by Gasteiger charge is -2.35. The molecule has 2 rings (SSSR count). The van der Waals surface area contributed by atoms with Crippen molar-refractivity contribution >= 4 is 29.1 Å². The molecule has 0 aromatic carbocycles. The minimum absolute atomic E-state index is 0.407. The Labute approximate surface area is 113 Å². The standard InChI is InChI=1S/C13H19ClN2S/c1-9-4-11(12(14)15-6-9)16-10-5-13(2,3)8-17-7-10/h4,6,10,16H,5,7-8H2,1-3H3. The van der Waals surface area contributed by atoms with Crippen molar-refractivity contribution in [3.8, 4) is 0 Å². The van der Waals surface area contributed by atoms with Gasteiger partial charge in [0.25, 0.3) is 0 Å². The molecule has 0 spiro atoms. The Kier molecular flexibility index (Phi) is 3.88. The first-order valence-electron chi connectivity index (χ1n) is 5.93. The smallest absolute Gasteiger partial charge is 0.152 e. The first-order valence-corrected chi connectivity index (χ1v) is 7.46. The summed E-state index contributed by atoms with van der Waals surface area (Å²) in [5.41, 5.74) is 2.51. The van der Waals surface area contributed by atoms with Crippen LogP contribution in [0.1, 0.15) is 25.8 Å². The number of nitrogens with one attached hydrogen (secondary N) is 1. The zero-order valence-corrected chi connectivity index (χ0v) is 12.2. The van der Waals surface area contributed by atoms with Crippen LogP contribution in [0.2, 0.25) is 5.15 Å². The van der Waals surface area contributed by atoms with Crippen molar-refractivity contribution < 1.29 is 0 Å². The summed E-state index contributed by atoms with van der Waals surface area (Å²) >= 11 is 8.12. The Bertz CT molecular complexity index is 406. The van der Waals surface area contributed by atoms with E-state index in [1.807, 2.05) is 18.7 Å². The Morgan fingerprint density at radius 3 is 3.00 bits per heavy atom. The summed E-state index contributed by atoms with van der Waals surface area (Å²) in [4.78, 5) is 4.18. The predicted molar refractivity (Wildman–Crippen MR) is 77.1 cm³/mol. The number of nitrogens with zero attached hydrogens (tertiary/aromatic N) is 1. The zero-order valence-electron chi connectivity index (χ0n) is 10.6. The van der Waals surface area contributed by atoms with Crippen molar-refractivity contribution in [1.82, 2.24) is 4.98 Å². The summed E-state index contributed by atoms with van der Waals surface area (Å²) in [6.45, 7) is 6.68. The number of hydrogen-bond donors (Lipinski definition) is 1. The molecule has 0 saturated carbocycles. The second-order valence-corrected chi connectivity index (χ2v) is 6.96. The monoisotopic (exact) mass is 270 g/mol. The van der Waals surface area contributed by atoms with E-state index in [2.05, 4.69) is 30.2 Å². The van der Waals surface area contributed by atoms with Crippen molar-refractivity contribution in [2.45, 2.75) is 33.2 Å². The molecule has 94 valence electrons. The van der Waals surface area contributed by atoms with Crippen LogP contribution in [0, 0.1) is 12.3 Å². The molecule has 4 heteroatoms. The molecule has 2 nitrogen and oxygen atoms in total. The molecular weight excluding hydrogens is 252 g/mol. The van der Waals surface area contributed by atoms with E-state index >= 15 is 0 Å². The first-order chi connectivity index (χ1) is 7.96. The summed E-state index contributed by atoms with van der Waals surface area (Å²) in [5.74, 6) is 2.39. The van der Waals surface area contributed by atoms with Crippen LogP contribution >= 0.6 is 23.4 Å². The SMILES string of the molecule is Cc1cnc(Cl)c(NC2CSCC(C)(C)C2)c1. The second-order valence-electron chi connectivity index (χ2n) is 5.58. The first kappa shape index (κ1) is 13.0. The number of aromatic nitrogens is 1. The van der Waals surface area contributed by atoms with Gasteiger partial charge < -0.3 is 5.32 Å². The largest absolute Gasteiger partial charge is 0.379 e. The quantitative estimate of drug-likeness (QED) is 0.823. The van der Waals surface area contributed by atoms with Crippen molar-refractivity contribution in [2.75, 3.05) is 16.8 Å². The van der Waals surface area contributed by atoms with Crippen molar-refractivity contribution in [3.63, 3.8) is 0 Å². The number of aryl methyl sites for hydroxylation is 1. The Balaban J connectivity index is 2.07. The maximum Gasteiger partial charge on any atom is 0.152 e. The van der Waals surface area contributed by atoms with E-state index in [1.165, 1.54) is 12.2 Å². The predicted octanol–water partition coefficient (Wildman–Crippen LogP) is 3.99. The van der Waals surface area contributed by atoms with Gasteiger partial charge in [-0.05, 0) is 36.1 Å². The highest BCUT2D eigenvalue weighted by molar-refractivity contribution is 7.99. The van der Waals surface area contributed by atoms with Gasteiger partial charge in [-0.15, -0.1) is 0 Å². The fourth-order valence-corrected chi connectivity index (χ4v) is 3.66. The van der Waals surface area contributed by atoms with Crippen LogP contribution < -0.4 is 5.32 Å². The number of thioether (sulfide) groups is 1. The number of halogens is 1. The summed E-state index contributed by atoms with van der Waals surface area (Å²) in [6, 6.07) is 2.56. The van der Waals surface area contributed by atoms with Gasteiger partial charge in [0.2, 0.25) is 0 Å². The highest BCUT2D eigenvalue weighted by Crippen LogP contribution is 2.35. The van der Waals surface area contributed by atoms with Crippen molar-refractivity contribution in [3.05, 3.63) is 23.0 Å². The molecule has 1 aliphatic rings. The van der Waals surface area contributed by atoms with Gasteiger partial charge in [0.05, 0.1) is 5.69 Å². The van der Waals surface area contributed by atoms with Gasteiger partial charge in [-0.3, -0.25) is 0 Å². The molecule has 1 N–H and O–H groups in total. The number of hydrogen-bond acceptors (Lipinski definition) is 3. The average molecular weight is 271 g/mol. The third-order valence-corrected chi connectivity index (χ3v) is 4.87. The van der Waals surface area contributed by atoms with Crippen LogP contribution in [0.5, 0.6) is 0 Å². The van der Waals surface area contributed by atoms with E-state index in [0.29, 0.717) is 16.6 Å². The molecule has 0 aliphatic carbocycles. The van der Waals surface area contributed by atoms with Crippen LogP contribution in [0.25, 0.3) is 0 Å². The Morgan fingerprint density at radius 2 is 2.29 bits per heavy atom. The van der Waals surface area contributed by atoms with Crippen molar-refractivity contribution in [2.24, 2.45) is 5.41 Å². The lowest BCUT2D eigenvalue weighted by molar-refractivity contribution is 0.358. The molecule has 0 amide bonds. The van der Waals surface area contributed by atoms with Crippen LogP contribution in [0.15, 0.2) is 12.3 Å². The molecule has 1 atom stereocenters. The van der Waals surface area contributed by atoms with E-state index < -0.39 is 0 Å². The molecule has 0 radical (unpaired) electrons. The number of anilines is 1. The van der Waals surface area contributed by atoms with Gasteiger partial charge in [0.15, 0.2) is 5.15 Å². The second kappa shape index (κ2) is 5.07. The minimum Gasteiger partial charge on any atom is -0.379 e. The van der Waals surface area contributed by atoms with Gasteiger partial charge in [-0.25, -0.2) is 4.98 Å². The molecule has 1 aromatic heterocycles. The third-order valence-electron chi connectivity index (χ3n) is 2.95. The fraction of sp³-hybridized carbons (Fsp3) is 0.615. The van der Waals surface area contributed by atoms with Gasteiger partial charge in [0.1, 0.15) is 0 Å². The number of rotatable bonds is 2. The van der Waals surface area contributed by atoms with Crippen LogP contribution in [-0.2, 0) is 0 Å². The molecule has 1 aromatic rings. The average Bonchev–Trinajstić information content (AvgIpc) is 2.22. The van der Waals surface area contributed by atoms with E-state index in [0.717, 1.165) is 17.0 Å². The van der Waals surface area contributed by atoms with Gasteiger partial charge in [-0.1, -0.05) is 25.4 Å². The summed E-state index contributed by atoms with van der Waals surface area (Å²) in [5, 5.41) is 4.10. The summed E-state index contributed by atoms with van der Waals surface area (Å²) in [7, 11) is 0. The minimum atomic E-state index is 0.407. The van der Waals surface area contributed by atoms with Gasteiger partial charge >= 0.3 is 0 Å². The molecule has 1 aliphatic heterocycles. The Morgan fingerprint density at radius 1 is 1.53 bits per heavy atom. The summed E-state index contributed by atoms with van der Waals surface area (Å²) in [6.07, 6.45) is 2.98. The van der Waals surface area contributed by atoms with E-state index in [-0.39, 0.29) is 0 Å². The topological polar surface area (TPSA) is 24.9 Å². The van der Waals surface area contributed by atoms with E-state index in [4.69, 9.17) is 11.6 Å². The maximum absolute atomic E-state index is 6.11.